The van der Waals surface area contributed by atoms with Gasteiger partial charge in [0.15, 0.2) is 0 Å². The van der Waals surface area contributed by atoms with Crippen LogP contribution < -0.4 is 0 Å². The van der Waals surface area contributed by atoms with Crippen LogP contribution in [-0.4, -0.2) is 38.9 Å². The molecule has 0 amide bonds. The Hall–Kier alpha value is -1.59. The fourth-order valence-corrected chi connectivity index (χ4v) is 2.32. The summed E-state index contributed by atoms with van der Waals surface area (Å²) < 4.78 is 14.6. The molecule has 1 aliphatic carbocycles. The largest absolute Gasteiger partial charge is 0.466 e. The Balaban J connectivity index is 1.93. The number of rotatable bonds is 6. The van der Waals surface area contributed by atoms with E-state index in [2.05, 4.69) is 4.74 Å². The summed E-state index contributed by atoms with van der Waals surface area (Å²) in [5.41, 5.74) is 1.04. The van der Waals surface area contributed by atoms with E-state index in [-0.39, 0.29) is 18.4 Å². The molecule has 0 radical (unpaired) electrons. The first-order chi connectivity index (χ1) is 10.1. The zero-order chi connectivity index (χ0) is 15.4. The van der Waals surface area contributed by atoms with Gasteiger partial charge >= 0.3 is 11.9 Å². The Morgan fingerprint density at radius 3 is 2.52 bits per heavy atom. The average molecular weight is 313 g/mol. The molecule has 0 unspecified atom stereocenters. The van der Waals surface area contributed by atoms with Crippen molar-refractivity contribution in [3.63, 3.8) is 0 Å². The lowest BCUT2D eigenvalue weighted by Gasteiger charge is -2.14. The smallest absolute Gasteiger partial charge is 0.349 e. The number of carbonyl (C=O) groups is 2. The number of ether oxygens (including phenoxy) is 3. The maximum Gasteiger partial charge on any atom is 0.349 e. The van der Waals surface area contributed by atoms with Gasteiger partial charge in [-0.2, -0.15) is 0 Å². The van der Waals surface area contributed by atoms with E-state index in [9.17, 15) is 9.59 Å². The molecule has 0 N–H and O–H groups in total. The van der Waals surface area contributed by atoms with Gasteiger partial charge in [-0.1, -0.05) is 23.7 Å². The molecular weight excluding hydrogens is 296 g/mol. The topological polar surface area (TPSA) is 61.8 Å². The van der Waals surface area contributed by atoms with Crippen LogP contribution in [0.3, 0.4) is 0 Å². The molecule has 5 nitrogen and oxygen atoms in total. The quantitative estimate of drug-likeness (QED) is 0.753. The van der Waals surface area contributed by atoms with Crippen molar-refractivity contribution in [3.05, 3.63) is 34.9 Å². The standard InChI is InChI=1S/C15H17ClO5/c1-19-8-13(15(18)20-2)21-14(17)12-7-11(12)9-3-5-10(16)6-4-9/h3-6,11-13H,7-8H2,1-2H3/t11-,12-,13+/m1/s1. The highest BCUT2D eigenvalue weighted by Gasteiger charge is 2.46. The Kier molecular flexibility index (Phi) is 5.20. The van der Waals surface area contributed by atoms with E-state index in [0.717, 1.165) is 5.56 Å². The third kappa shape index (κ3) is 3.95. The number of halogens is 1. The number of carbonyl (C=O) groups excluding carboxylic acids is 2. The van der Waals surface area contributed by atoms with Crippen molar-refractivity contribution >= 4 is 23.5 Å². The summed E-state index contributed by atoms with van der Waals surface area (Å²) >= 11 is 5.83. The lowest BCUT2D eigenvalue weighted by Crippen LogP contribution is -2.33. The molecule has 0 bridgehead atoms. The highest BCUT2D eigenvalue weighted by molar-refractivity contribution is 6.30. The van der Waals surface area contributed by atoms with E-state index in [1.54, 1.807) is 12.1 Å². The summed E-state index contributed by atoms with van der Waals surface area (Å²) in [5, 5.41) is 0.657. The van der Waals surface area contributed by atoms with Crippen LogP contribution in [-0.2, 0) is 23.8 Å². The molecule has 1 saturated carbocycles. The molecule has 3 atom stereocenters. The molecule has 1 aromatic carbocycles. The second-order valence-corrected chi connectivity index (χ2v) is 5.34. The van der Waals surface area contributed by atoms with E-state index >= 15 is 0 Å². The van der Waals surface area contributed by atoms with Gasteiger partial charge in [0.25, 0.3) is 0 Å². The van der Waals surface area contributed by atoms with E-state index < -0.39 is 18.0 Å². The molecule has 1 aliphatic rings. The molecule has 0 aliphatic heterocycles. The van der Waals surface area contributed by atoms with Gasteiger partial charge in [0.2, 0.25) is 6.10 Å². The Bertz CT molecular complexity index is 513. The predicted octanol–water partition coefficient (Wildman–Crippen LogP) is 2.17. The van der Waals surface area contributed by atoms with Gasteiger partial charge in [0, 0.05) is 12.1 Å². The van der Waals surface area contributed by atoms with Gasteiger partial charge in [0.1, 0.15) is 0 Å². The molecule has 1 aromatic rings. The number of methoxy groups -OCH3 is 2. The molecule has 0 heterocycles. The Morgan fingerprint density at radius 2 is 1.95 bits per heavy atom. The van der Waals surface area contributed by atoms with E-state index in [1.165, 1.54) is 14.2 Å². The summed E-state index contributed by atoms with van der Waals surface area (Å²) in [6.07, 6.45) is -0.305. The predicted molar refractivity (Wildman–Crippen MR) is 76.1 cm³/mol. The van der Waals surface area contributed by atoms with Crippen LogP contribution in [0.4, 0.5) is 0 Å². The number of hydrogen-bond donors (Lipinski definition) is 0. The first-order valence-electron chi connectivity index (χ1n) is 6.59. The van der Waals surface area contributed by atoms with Crippen molar-refractivity contribution in [2.24, 2.45) is 5.92 Å². The molecule has 1 fully saturated rings. The highest BCUT2D eigenvalue weighted by atomic mass is 35.5. The maximum absolute atomic E-state index is 12.0. The van der Waals surface area contributed by atoms with Crippen molar-refractivity contribution in [2.45, 2.75) is 18.4 Å². The SMILES string of the molecule is COC[C@H](OC(=O)[C@@H]1C[C@@H]1c1ccc(Cl)cc1)C(=O)OC. The number of esters is 2. The maximum atomic E-state index is 12.0. The summed E-state index contributed by atoms with van der Waals surface area (Å²) in [5.74, 6) is -1.12. The van der Waals surface area contributed by atoms with E-state index in [4.69, 9.17) is 21.1 Å². The Morgan fingerprint density at radius 1 is 1.29 bits per heavy atom. The molecule has 21 heavy (non-hydrogen) atoms. The van der Waals surface area contributed by atoms with Crippen LogP contribution in [0.15, 0.2) is 24.3 Å². The van der Waals surface area contributed by atoms with Gasteiger partial charge in [-0.05, 0) is 30.0 Å². The molecular formula is C15H17ClO5. The fraction of sp³-hybridized carbons (Fsp3) is 0.467. The van der Waals surface area contributed by atoms with Crippen molar-refractivity contribution in [2.75, 3.05) is 20.8 Å². The first-order valence-corrected chi connectivity index (χ1v) is 6.97. The molecule has 6 heteroatoms. The fourth-order valence-electron chi connectivity index (χ4n) is 2.19. The van der Waals surface area contributed by atoms with Crippen LogP contribution in [0.2, 0.25) is 5.02 Å². The zero-order valence-electron chi connectivity index (χ0n) is 11.9. The van der Waals surface area contributed by atoms with Crippen molar-refractivity contribution in [1.82, 2.24) is 0 Å². The highest BCUT2D eigenvalue weighted by Crippen LogP contribution is 2.48. The van der Waals surface area contributed by atoms with Crippen LogP contribution in [0.5, 0.6) is 0 Å². The number of hydrogen-bond acceptors (Lipinski definition) is 5. The number of benzene rings is 1. The third-order valence-electron chi connectivity index (χ3n) is 3.43. The van der Waals surface area contributed by atoms with Gasteiger partial charge < -0.3 is 14.2 Å². The Labute approximate surface area is 128 Å². The van der Waals surface area contributed by atoms with Gasteiger partial charge in [0.05, 0.1) is 19.6 Å². The van der Waals surface area contributed by atoms with Crippen molar-refractivity contribution in [1.29, 1.82) is 0 Å². The molecule has 114 valence electrons. The van der Waals surface area contributed by atoms with Gasteiger partial charge in [-0.25, -0.2) is 4.79 Å². The minimum Gasteiger partial charge on any atom is -0.466 e. The molecule has 0 aromatic heterocycles. The van der Waals surface area contributed by atoms with Crippen molar-refractivity contribution < 1.29 is 23.8 Å². The third-order valence-corrected chi connectivity index (χ3v) is 3.68. The summed E-state index contributed by atoms with van der Waals surface area (Å²) in [6, 6.07) is 7.38. The second kappa shape index (κ2) is 6.91. The van der Waals surface area contributed by atoms with Gasteiger partial charge in [-0.3, -0.25) is 4.79 Å². The van der Waals surface area contributed by atoms with Crippen LogP contribution >= 0.6 is 11.6 Å². The first kappa shape index (κ1) is 15.8. The van der Waals surface area contributed by atoms with Crippen LogP contribution in [0.25, 0.3) is 0 Å². The van der Waals surface area contributed by atoms with Crippen LogP contribution in [0.1, 0.15) is 17.9 Å². The molecule has 0 spiro atoms. The van der Waals surface area contributed by atoms with Gasteiger partial charge in [-0.15, -0.1) is 0 Å². The lowest BCUT2D eigenvalue weighted by atomic mass is 10.1. The summed E-state index contributed by atoms with van der Waals surface area (Å²) in [7, 11) is 2.67. The summed E-state index contributed by atoms with van der Waals surface area (Å²) in [4.78, 5) is 23.5. The minimum absolute atomic E-state index is 0.0171. The summed E-state index contributed by atoms with van der Waals surface area (Å²) in [6.45, 7) is -0.0171. The second-order valence-electron chi connectivity index (χ2n) is 4.90. The lowest BCUT2D eigenvalue weighted by molar-refractivity contribution is -0.170. The average Bonchev–Trinajstić information content (AvgIpc) is 3.27. The zero-order valence-corrected chi connectivity index (χ0v) is 12.6. The minimum atomic E-state index is -1.01. The van der Waals surface area contributed by atoms with Crippen LogP contribution in [0, 0.1) is 5.92 Å². The van der Waals surface area contributed by atoms with Crippen molar-refractivity contribution in [3.8, 4) is 0 Å². The van der Waals surface area contributed by atoms with E-state index in [0.29, 0.717) is 11.4 Å². The van der Waals surface area contributed by atoms with E-state index in [1.807, 2.05) is 12.1 Å². The molecule has 0 saturated heterocycles. The normalized spacial score (nSPS) is 21.5. The molecule has 2 rings (SSSR count). The monoisotopic (exact) mass is 312 g/mol.